The van der Waals surface area contributed by atoms with Crippen LogP contribution in [0.2, 0.25) is 0 Å². The SMILES string of the molecule is CN(C)CCn1ccc2cc(C3COC(=O)N3C)ccc21. The Balaban J connectivity index is 1.86. The summed E-state index contributed by atoms with van der Waals surface area (Å²) in [4.78, 5) is 15.3. The number of amides is 1. The summed E-state index contributed by atoms with van der Waals surface area (Å²) in [5.41, 5.74) is 2.36. The number of hydrogen-bond donors (Lipinski definition) is 0. The van der Waals surface area contributed by atoms with Crippen molar-refractivity contribution in [2.24, 2.45) is 0 Å². The van der Waals surface area contributed by atoms with Gasteiger partial charge in [0.05, 0.1) is 6.04 Å². The number of nitrogens with zero attached hydrogens (tertiary/aromatic N) is 3. The number of benzene rings is 1. The Bertz CT molecular complexity index is 663. The van der Waals surface area contributed by atoms with Gasteiger partial charge in [0.2, 0.25) is 0 Å². The minimum atomic E-state index is -0.247. The van der Waals surface area contributed by atoms with Gasteiger partial charge in [-0.1, -0.05) is 6.07 Å². The van der Waals surface area contributed by atoms with E-state index in [1.807, 2.05) is 0 Å². The van der Waals surface area contributed by atoms with Gasteiger partial charge in [0, 0.05) is 31.9 Å². The molecule has 1 atom stereocenters. The Kier molecular flexibility index (Phi) is 3.59. The average molecular weight is 287 g/mol. The second-order valence-corrected chi connectivity index (χ2v) is 5.83. The summed E-state index contributed by atoms with van der Waals surface area (Å²) < 4.78 is 7.35. The normalized spacial score (nSPS) is 18.8. The molecule has 0 bridgehead atoms. The highest BCUT2D eigenvalue weighted by Gasteiger charge is 2.30. The summed E-state index contributed by atoms with van der Waals surface area (Å²) in [6, 6.07) is 8.54. The lowest BCUT2D eigenvalue weighted by Crippen LogP contribution is -2.22. The van der Waals surface area contributed by atoms with Crippen LogP contribution in [0.1, 0.15) is 11.6 Å². The fourth-order valence-corrected chi connectivity index (χ4v) is 2.74. The Morgan fingerprint density at radius 2 is 2.14 bits per heavy atom. The molecule has 0 N–H and O–H groups in total. The third kappa shape index (κ3) is 2.61. The van der Waals surface area contributed by atoms with E-state index in [4.69, 9.17) is 4.74 Å². The lowest BCUT2D eigenvalue weighted by molar-refractivity contribution is 0.163. The number of carbonyl (C=O) groups excluding carboxylic acids is 1. The molecule has 1 aromatic carbocycles. The Morgan fingerprint density at radius 1 is 1.33 bits per heavy atom. The summed E-state index contributed by atoms with van der Waals surface area (Å²) in [6.45, 7) is 2.42. The van der Waals surface area contributed by atoms with Crippen molar-refractivity contribution in [3.8, 4) is 0 Å². The van der Waals surface area contributed by atoms with Crippen molar-refractivity contribution in [1.29, 1.82) is 0 Å². The molecule has 1 amide bonds. The van der Waals surface area contributed by atoms with Crippen LogP contribution in [-0.2, 0) is 11.3 Å². The molecule has 0 saturated carbocycles. The predicted octanol–water partition coefficient (Wildman–Crippen LogP) is 2.33. The first-order valence-corrected chi connectivity index (χ1v) is 7.19. The van der Waals surface area contributed by atoms with Crippen molar-refractivity contribution in [3.05, 3.63) is 36.0 Å². The van der Waals surface area contributed by atoms with E-state index < -0.39 is 0 Å². The van der Waals surface area contributed by atoms with Gasteiger partial charge >= 0.3 is 6.09 Å². The molecule has 1 saturated heterocycles. The second-order valence-electron chi connectivity index (χ2n) is 5.83. The highest BCUT2D eigenvalue weighted by molar-refractivity contribution is 5.81. The second kappa shape index (κ2) is 5.41. The molecular formula is C16H21N3O2. The molecule has 1 aliphatic rings. The molecule has 0 radical (unpaired) electrons. The fourth-order valence-electron chi connectivity index (χ4n) is 2.74. The molecule has 5 nitrogen and oxygen atoms in total. The zero-order chi connectivity index (χ0) is 15.0. The minimum Gasteiger partial charge on any atom is -0.447 e. The van der Waals surface area contributed by atoms with E-state index in [2.05, 4.69) is 54.0 Å². The first-order chi connectivity index (χ1) is 10.1. The summed E-state index contributed by atoms with van der Waals surface area (Å²) in [5, 5.41) is 1.21. The third-order valence-corrected chi connectivity index (χ3v) is 4.09. The van der Waals surface area contributed by atoms with E-state index in [1.165, 1.54) is 10.9 Å². The Labute approximate surface area is 124 Å². The molecule has 1 aromatic heterocycles. The van der Waals surface area contributed by atoms with Crippen LogP contribution >= 0.6 is 0 Å². The van der Waals surface area contributed by atoms with Crippen molar-refractivity contribution in [2.75, 3.05) is 34.3 Å². The van der Waals surface area contributed by atoms with Crippen LogP contribution < -0.4 is 0 Å². The quantitative estimate of drug-likeness (QED) is 0.866. The minimum absolute atomic E-state index is 0.0204. The van der Waals surface area contributed by atoms with Crippen LogP contribution in [0.4, 0.5) is 4.79 Å². The lowest BCUT2D eigenvalue weighted by atomic mass is 10.1. The lowest BCUT2D eigenvalue weighted by Gasteiger charge is -2.16. The zero-order valence-corrected chi connectivity index (χ0v) is 12.7. The number of cyclic esters (lactones) is 1. The van der Waals surface area contributed by atoms with Crippen LogP contribution in [0.15, 0.2) is 30.5 Å². The van der Waals surface area contributed by atoms with Crippen molar-refractivity contribution in [1.82, 2.24) is 14.4 Å². The number of fused-ring (bicyclic) bond motifs is 1. The first-order valence-electron chi connectivity index (χ1n) is 7.19. The molecule has 0 spiro atoms. The van der Waals surface area contributed by atoms with Gasteiger partial charge in [-0.15, -0.1) is 0 Å². The van der Waals surface area contributed by atoms with E-state index in [9.17, 15) is 4.79 Å². The van der Waals surface area contributed by atoms with E-state index in [0.717, 1.165) is 18.7 Å². The maximum Gasteiger partial charge on any atom is 0.410 e. The number of hydrogen-bond acceptors (Lipinski definition) is 3. The molecule has 112 valence electrons. The smallest absolute Gasteiger partial charge is 0.410 e. The van der Waals surface area contributed by atoms with Gasteiger partial charge in [-0.05, 0) is 43.2 Å². The molecule has 1 unspecified atom stereocenters. The number of ether oxygens (including phenoxy) is 1. The topological polar surface area (TPSA) is 37.7 Å². The van der Waals surface area contributed by atoms with Gasteiger partial charge in [0.15, 0.2) is 0 Å². The molecule has 3 rings (SSSR count). The average Bonchev–Trinajstić information content (AvgIpc) is 3.01. The van der Waals surface area contributed by atoms with Crippen LogP contribution in [0.3, 0.4) is 0 Å². The fraction of sp³-hybridized carbons (Fsp3) is 0.438. The maximum atomic E-state index is 11.5. The molecule has 21 heavy (non-hydrogen) atoms. The van der Waals surface area contributed by atoms with Gasteiger partial charge in [0.1, 0.15) is 6.61 Å². The monoisotopic (exact) mass is 287 g/mol. The highest BCUT2D eigenvalue weighted by Crippen LogP contribution is 2.28. The standard InChI is InChI=1S/C16H21N3O2/c1-17(2)8-9-19-7-6-13-10-12(4-5-14(13)19)15-11-21-16(20)18(15)3/h4-7,10,15H,8-9,11H2,1-3H3. The largest absolute Gasteiger partial charge is 0.447 e. The third-order valence-electron chi connectivity index (χ3n) is 4.09. The summed E-state index contributed by atoms with van der Waals surface area (Å²) in [6.07, 6.45) is 1.88. The van der Waals surface area contributed by atoms with Gasteiger partial charge in [-0.3, -0.25) is 0 Å². The Hall–Kier alpha value is -2.01. The van der Waals surface area contributed by atoms with E-state index in [1.54, 1.807) is 11.9 Å². The summed E-state index contributed by atoms with van der Waals surface area (Å²) in [5.74, 6) is 0. The van der Waals surface area contributed by atoms with Crippen LogP contribution in [-0.4, -0.2) is 54.8 Å². The van der Waals surface area contributed by atoms with E-state index in [0.29, 0.717) is 6.61 Å². The summed E-state index contributed by atoms with van der Waals surface area (Å²) in [7, 11) is 5.94. The maximum absolute atomic E-state index is 11.5. The van der Waals surface area contributed by atoms with Crippen LogP contribution in [0.5, 0.6) is 0 Å². The van der Waals surface area contributed by atoms with Gasteiger partial charge < -0.3 is 19.1 Å². The van der Waals surface area contributed by atoms with Gasteiger partial charge in [0.25, 0.3) is 0 Å². The Morgan fingerprint density at radius 3 is 2.81 bits per heavy atom. The molecule has 2 aromatic rings. The van der Waals surface area contributed by atoms with Crippen molar-refractivity contribution in [2.45, 2.75) is 12.6 Å². The first kappa shape index (κ1) is 13.9. The van der Waals surface area contributed by atoms with Crippen molar-refractivity contribution in [3.63, 3.8) is 0 Å². The molecule has 5 heteroatoms. The number of rotatable bonds is 4. The van der Waals surface area contributed by atoms with Crippen LogP contribution in [0.25, 0.3) is 10.9 Å². The van der Waals surface area contributed by atoms with Gasteiger partial charge in [-0.2, -0.15) is 0 Å². The van der Waals surface area contributed by atoms with E-state index >= 15 is 0 Å². The van der Waals surface area contributed by atoms with E-state index in [-0.39, 0.29) is 12.1 Å². The molecule has 0 aliphatic carbocycles. The highest BCUT2D eigenvalue weighted by atomic mass is 16.6. The van der Waals surface area contributed by atoms with Crippen LogP contribution in [0, 0.1) is 0 Å². The molecule has 1 aliphatic heterocycles. The number of aromatic nitrogens is 1. The predicted molar refractivity (Wildman–Crippen MR) is 82.3 cm³/mol. The van der Waals surface area contributed by atoms with Gasteiger partial charge in [-0.25, -0.2) is 4.79 Å². The number of carbonyl (C=O) groups is 1. The molecular weight excluding hydrogens is 266 g/mol. The molecule has 2 heterocycles. The van der Waals surface area contributed by atoms with Crippen molar-refractivity contribution < 1.29 is 9.53 Å². The van der Waals surface area contributed by atoms with Crippen molar-refractivity contribution >= 4 is 17.0 Å². The zero-order valence-electron chi connectivity index (χ0n) is 12.7. The molecule has 1 fully saturated rings. The number of likely N-dealkylation sites (N-methyl/N-ethyl adjacent to an activating group) is 2. The summed E-state index contributed by atoms with van der Waals surface area (Å²) >= 11 is 0.